The van der Waals surface area contributed by atoms with E-state index in [2.05, 4.69) is 26.8 Å². The van der Waals surface area contributed by atoms with Gasteiger partial charge in [-0.05, 0) is 74.0 Å². The van der Waals surface area contributed by atoms with E-state index < -0.39 is 5.85 Å². The minimum atomic E-state index is -2.01. The molecule has 25 heavy (non-hydrogen) atoms. The molecule has 3 unspecified atom stereocenters. The molecule has 3 fully saturated rings. The van der Waals surface area contributed by atoms with Gasteiger partial charge in [0.05, 0.1) is 0 Å². The van der Waals surface area contributed by atoms with Gasteiger partial charge in [0.15, 0.2) is 0 Å². The van der Waals surface area contributed by atoms with Crippen molar-refractivity contribution in [2.24, 2.45) is 34.0 Å². The molecule has 4 aliphatic rings. The Kier molecular flexibility index (Phi) is 3.67. The number of Topliss-reactive ketones (excluding diaryl/α,β-unsaturated/α-hetero) is 1. The van der Waals surface area contributed by atoms with Crippen LogP contribution in [-0.2, 0) is 4.79 Å². The van der Waals surface area contributed by atoms with Crippen LogP contribution < -0.4 is 0 Å². The van der Waals surface area contributed by atoms with Crippen molar-refractivity contribution >= 4 is 5.78 Å². The van der Waals surface area contributed by atoms with E-state index in [4.69, 9.17) is 0 Å². The van der Waals surface area contributed by atoms with Crippen LogP contribution in [0, 0.1) is 34.0 Å². The third kappa shape index (κ3) is 2.20. The van der Waals surface area contributed by atoms with Crippen molar-refractivity contribution in [3.63, 3.8) is 0 Å². The topological polar surface area (TPSA) is 37.3 Å². The third-order valence-corrected chi connectivity index (χ3v) is 9.50. The second kappa shape index (κ2) is 5.18. The lowest BCUT2D eigenvalue weighted by molar-refractivity contribution is -0.145. The molecule has 0 saturated heterocycles. The zero-order chi connectivity index (χ0) is 18.3. The number of halogens is 1. The first-order valence-electron chi connectivity index (χ1n) is 10.2. The first-order valence-corrected chi connectivity index (χ1v) is 10.2. The lowest BCUT2D eigenvalue weighted by Gasteiger charge is -2.59. The Balaban J connectivity index is 1.69. The van der Waals surface area contributed by atoms with E-state index in [1.54, 1.807) is 6.92 Å². The summed E-state index contributed by atoms with van der Waals surface area (Å²) in [6.45, 7) is 8.66. The van der Waals surface area contributed by atoms with Gasteiger partial charge in [0.1, 0.15) is 5.78 Å². The average Bonchev–Trinajstić information content (AvgIpc) is 2.81. The minimum absolute atomic E-state index is 0.0395. The molecule has 0 aliphatic heterocycles. The summed E-state index contributed by atoms with van der Waals surface area (Å²) >= 11 is 0. The van der Waals surface area contributed by atoms with E-state index in [1.807, 2.05) is 0 Å². The van der Waals surface area contributed by atoms with Gasteiger partial charge in [-0.1, -0.05) is 32.4 Å². The zero-order valence-corrected chi connectivity index (χ0v) is 16.2. The van der Waals surface area contributed by atoms with E-state index >= 15 is 0 Å². The molecule has 2 nitrogen and oxygen atoms in total. The lowest BCUT2D eigenvalue weighted by atomic mass is 9.45. The fourth-order valence-corrected chi connectivity index (χ4v) is 7.45. The normalized spacial score (nSPS) is 55.0. The Morgan fingerprint density at radius 1 is 1.12 bits per heavy atom. The number of ketones is 1. The second-order valence-electron chi connectivity index (χ2n) is 10.2. The molecule has 0 aromatic heterocycles. The quantitative estimate of drug-likeness (QED) is 0.661. The molecule has 4 rings (SSSR count). The summed E-state index contributed by atoms with van der Waals surface area (Å²) in [6.07, 6.45) is 8.87. The van der Waals surface area contributed by atoms with E-state index in [0.29, 0.717) is 23.5 Å². The maximum absolute atomic E-state index is 14.2. The van der Waals surface area contributed by atoms with Crippen molar-refractivity contribution in [2.45, 2.75) is 84.9 Å². The molecule has 1 N–H and O–H groups in total. The molecule has 0 radical (unpaired) electrons. The minimum Gasteiger partial charge on any atom is -0.361 e. The number of hydrogen-bond acceptors (Lipinski definition) is 2. The molecule has 0 bridgehead atoms. The summed E-state index contributed by atoms with van der Waals surface area (Å²) in [5.41, 5.74) is 1.12. The maximum atomic E-state index is 14.2. The Morgan fingerprint density at radius 2 is 1.80 bits per heavy atom. The van der Waals surface area contributed by atoms with Crippen LogP contribution in [0.3, 0.4) is 0 Å². The fraction of sp³-hybridized carbons (Fsp3) is 0.864. The molecule has 3 saturated carbocycles. The first kappa shape index (κ1) is 17.7. The number of aliphatic hydroxyl groups is 1. The Labute approximate surface area is 151 Å². The van der Waals surface area contributed by atoms with Crippen LogP contribution in [0.4, 0.5) is 4.39 Å². The molecular formula is C22H33FO2. The SMILES string of the molecule is CC(=O)[C@@]1(C)CCC2C3CC=C4C[C@@](O)(F)CC[C@]4(C)C3CC[C@@]21C. The van der Waals surface area contributed by atoms with E-state index in [-0.39, 0.29) is 29.1 Å². The molecule has 7 atom stereocenters. The number of carbonyl (C=O) groups excluding carboxylic acids is 1. The molecule has 140 valence electrons. The van der Waals surface area contributed by atoms with Crippen molar-refractivity contribution in [3.8, 4) is 0 Å². The number of fused-ring (bicyclic) bond motifs is 5. The highest BCUT2D eigenvalue weighted by Gasteiger charge is 2.64. The number of allylic oxidation sites excluding steroid dienone is 1. The van der Waals surface area contributed by atoms with Gasteiger partial charge in [-0.15, -0.1) is 0 Å². The Bertz CT molecular complexity index is 638. The van der Waals surface area contributed by atoms with Gasteiger partial charge in [-0.2, -0.15) is 0 Å². The summed E-state index contributed by atoms with van der Waals surface area (Å²) in [7, 11) is 0. The zero-order valence-electron chi connectivity index (χ0n) is 16.2. The summed E-state index contributed by atoms with van der Waals surface area (Å²) in [4.78, 5) is 12.5. The smallest absolute Gasteiger partial charge is 0.210 e. The molecule has 0 amide bonds. The van der Waals surface area contributed by atoms with Gasteiger partial charge in [0.2, 0.25) is 5.85 Å². The highest BCUT2D eigenvalue weighted by atomic mass is 19.2. The van der Waals surface area contributed by atoms with Gasteiger partial charge in [-0.3, -0.25) is 4.79 Å². The van der Waals surface area contributed by atoms with Crippen molar-refractivity contribution in [1.29, 1.82) is 0 Å². The van der Waals surface area contributed by atoms with Crippen LogP contribution in [0.1, 0.15) is 79.1 Å². The third-order valence-electron chi connectivity index (χ3n) is 9.50. The van der Waals surface area contributed by atoms with Gasteiger partial charge < -0.3 is 5.11 Å². The highest BCUT2D eigenvalue weighted by Crippen LogP contribution is 2.69. The first-order chi connectivity index (χ1) is 11.5. The summed E-state index contributed by atoms with van der Waals surface area (Å²) in [5, 5.41) is 9.90. The summed E-state index contributed by atoms with van der Waals surface area (Å²) in [5.74, 6) is 0.132. The molecule has 4 aliphatic carbocycles. The standard InChI is InChI=1S/C22H33FO2/c1-14(24)20(3)9-8-18-16-6-5-15-13-22(23,25)12-11-19(15,2)17(16)7-10-21(18,20)4/h5,16-18,25H,6-13H2,1-4H3/t16?,17?,18?,19-,20+,21-,22+/m0/s1. The molecule has 0 aromatic rings. The van der Waals surface area contributed by atoms with Crippen LogP contribution in [0.2, 0.25) is 0 Å². The van der Waals surface area contributed by atoms with E-state index in [0.717, 1.165) is 44.1 Å². The van der Waals surface area contributed by atoms with E-state index in [9.17, 15) is 14.3 Å². The highest BCUT2D eigenvalue weighted by molar-refractivity contribution is 5.83. The number of hydrogen-bond donors (Lipinski definition) is 1. The van der Waals surface area contributed by atoms with Gasteiger partial charge in [0.25, 0.3) is 0 Å². The van der Waals surface area contributed by atoms with Crippen LogP contribution in [-0.4, -0.2) is 16.7 Å². The Morgan fingerprint density at radius 3 is 2.48 bits per heavy atom. The van der Waals surface area contributed by atoms with Gasteiger partial charge in [0, 0.05) is 18.3 Å². The van der Waals surface area contributed by atoms with Crippen LogP contribution in [0.5, 0.6) is 0 Å². The largest absolute Gasteiger partial charge is 0.361 e. The molecular weight excluding hydrogens is 315 g/mol. The van der Waals surface area contributed by atoms with Gasteiger partial charge >= 0.3 is 0 Å². The summed E-state index contributed by atoms with van der Waals surface area (Å²) < 4.78 is 14.2. The average molecular weight is 349 g/mol. The van der Waals surface area contributed by atoms with E-state index in [1.165, 1.54) is 0 Å². The number of carbonyl (C=O) groups is 1. The van der Waals surface area contributed by atoms with Crippen LogP contribution >= 0.6 is 0 Å². The predicted octanol–water partition coefficient (Wildman–Crippen LogP) is 5.20. The lowest BCUT2D eigenvalue weighted by Crippen LogP contribution is -2.53. The fourth-order valence-electron chi connectivity index (χ4n) is 7.45. The maximum Gasteiger partial charge on any atom is 0.210 e. The van der Waals surface area contributed by atoms with Crippen molar-refractivity contribution < 1.29 is 14.3 Å². The summed E-state index contributed by atoms with van der Waals surface area (Å²) in [6, 6.07) is 0. The Hall–Kier alpha value is -0.700. The number of alkyl halides is 1. The van der Waals surface area contributed by atoms with Gasteiger partial charge in [-0.25, -0.2) is 4.39 Å². The van der Waals surface area contributed by atoms with Crippen molar-refractivity contribution in [2.75, 3.05) is 0 Å². The molecule has 3 heteroatoms. The number of rotatable bonds is 1. The van der Waals surface area contributed by atoms with Crippen molar-refractivity contribution in [3.05, 3.63) is 11.6 Å². The van der Waals surface area contributed by atoms with Crippen LogP contribution in [0.25, 0.3) is 0 Å². The second-order valence-corrected chi connectivity index (χ2v) is 10.2. The van der Waals surface area contributed by atoms with Crippen molar-refractivity contribution in [1.82, 2.24) is 0 Å². The monoisotopic (exact) mass is 348 g/mol. The molecule has 0 heterocycles. The molecule has 0 spiro atoms. The predicted molar refractivity (Wildman–Crippen MR) is 96.5 cm³/mol. The van der Waals surface area contributed by atoms with Crippen LogP contribution in [0.15, 0.2) is 11.6 Å². The molecule has 0 aromatic carbocycles.